The second-order valence-corrected chi connectivity index (χ2v) is 8.47. The highest BCUT2D eigenvalue weighted by Gasteiger charge is 2.29. The van der Waals surface area contributed by atoms with Crippen LogP contribution in [-0.2, 0) is 14.8 Å². The van der Waals surface area contributed by atoms with Gasteiger partial charge < -0.3 is 4.90 Å². The Morgan fingerprint density at radius 3 is 2.38 bits per heavy atom. The lowest BCUT2D eigenvalue weighted by Crippen LogP contribution is -2.50. The van der Waals surface area contributed by atoms with Gasteiger partial charge in [0, 0.05) is 32.3 Å². The van der Waals surface area contributed by atoms with Crippen LogP contribution in [0, 0.1) is 11.3 Å². The van der Waals surface area contributed by atoms with Crippen molar-refractivity contribution in [3.05, 3.63) is 58.3 Å². The number of nitrogens with zero attached hydrogens (tertiary/aromatic N) is 3. The Hall–Kier alpha value is -2.47. The number of hydrogen-bond acceptors (Lipinski definition) is 5. The van der Waals surface area contributed by atoms with E-state index in [4.69, 9.17) is 5.26 Å². The van der Waals surface area contributed by atoms with Crippen LogP contribution < -0.4 is 0 Å². The lowest BCUT2D eigenvalue weighted by atomic mass is 10.2. The van der Waals surface area contributed by atoms with E-state index < -0.39 is 10.0 Å². The molecule has 1 saturated heterocycles. The van der Waals surface area contributed by atoms with Crippen molar-refractivity contribution in [3.63, 3.8) is 0 Å². The number of nitriles is 1. The number of amides is 1. The van der Waals surface area contributed by atoms with Crippen molar-refractivity contribution in [1.29, 1.82) is 5.26 Å². The summed E-state index contributed by atoms with van der Waals surface area (Å²) in [6, 6.07) is 9.75. The van der Waals surface area contributed by atoms with Crippen LogP contribution in [0.25, 0.3) is 6.08 Å². The molecule has 6 nitrogen and oxygen atoms in total. The van der Waals surface area contributed by atoms with E-state index in [-0.39, 0.29) is 23.9 Å². The van der Waals surface area contributed by atoms with Crippen molar-refractivity contribution < 1.29 is 13.2 Å². The maximum absolute atomic E-state index is 12.7. The Balaban J connectivity index is 1.62. The molecule has 2 heterocycles. The Labute approximate surface area is 156 Å². The van der Waals surface area contributed by atoms with E-state index in [1.807, 2.05) is 22.9 Å². The van der Waals surface area contributed by atoms with Crippen LogP contribution in [0.2, 0.25) is 0 Å². The van der Waals surface area contributed by atoms with Gasteiger partial charge in [-0.25, -0.2) is 8.42 Å². The molecule has 26 heavy (non-hydrogen) atoms. The molecule has 0 atom stereocenters. The predicted molar refractivity (Wildman–Crippen MR) is 99.8 cm³/mol. The predicted octanol–water partition coefficient (Wildman–Crippen LogP) is 2.17. The smallest absolute Gasteiger partial charge is 0.246 e. The zero-order chi connectivity index (χ0) is 18.6. The van der Waals surface area contributed by atoms with Gasteiger partial charge in [0.15, 0.2) is 0 Å². The maximum atomic E-state index is 12.7. The fourth-order valence-electron chi connectivity index (χ4n) is 2.64. The molecule has 8 heteroatoms. The minimum Gasteiger partial charge on any atom is -0.337 e. The molecular weight excluding hydrogens is 370 g/mol. The quantitative estimate of drug-likeness (QED) is 0.753. The summed E-state index contributed by atoms with van der Waals surface area (Å²) < 4.78 is 26.7. The Kier molecular flexibility index (Phi) is 5.52. The third-order valence-corrected chi connectivity index (χ3v) is 6.75. The van der Waals surface area contributed by atoms with Crippen LogP contribution in [0.4, 0.5) is 0 Å². The second kappa shape index (κ2) is 7.83. The normalized spacial score (nSPS) is 15.9. The summed E-state index contributed by atoms with van der Waals surface area (Å²) >= 11 is 1.56. The van der Waals surface area contributed by atoms with Crippen molar-refractivity contribution in [2.45, 2.75) is 4.90 Å². The molecule has 1 aliphatic heterocycles. The summed E-state index contributed by atoms with van der Waals surface area (Å²) in [6.45, 7) is 1.20. The van der Waals surface area contributed by atoms with E-state index in [9.17, 15) is 13.2 Å². The van der Waals surface area contributed by atoms with E-state index in [0.29, 0.717) is 18.7 Å². The number of benzene rings is 1. The number of piperazine rings is 1. The van der Waals surface area contributed by atoms with Gasteiger partial charge in [-0.05, 0) is 52.7 Å². The van der Waals surface area contributed by atoms with E-state index in [1.165, 1.54) is 34.6 Å². The number of thiophene rings is 1. The topological polar surface area (TPSA) is 81.5 Å². The Bertz CT molecular complexity index is 935. The summed E-state index contributed by atoms with van der Waals surface area (Å²) in [6.07, 6.45) is 3.28. The third-order valence-electron chi connectivity index (χ3n) is 4.13. The van der Waals surface area contributed by atoms with Gasteiger partial charge in [-0.3, -0.25) is 4.79 Å². The summed E-state index contributed by atoms with van der Waals surface area (Å²) in [5, 5.41) is 12.7. The third kappa shape index (κ3) is 4.02. The largest absolute Gasteiger partial charge is 0.337 e. The Morgan fingerprint density at radius 1 is 1.12 bits per heavy atom. The SMILES string of the molecule is N#Cc1ccc(S(=O)(=O)N2CCN(C(=O)/C=C\c3ccsc3)CC2)cc1. The molecule has 0 saturated carbocycles. The summed E-state index contributed by atoms with van der Waals surface area (Å²) in [7, 11) is -3.61. The molecular formula is C18H17N3O3S2. The van der Waals surface area contributed by atoms with Crippen molar-refractivity contribution in [2.24, 2.45) is 0 Å². The lowest BCUT2D eigenvalue weighted by molar-refractivity contribution is -0.127. The molecule has 2 aromatic rings. The first-order valence-electron chi connectivity index (χ1n) is 8.00. The standard InChI is InChI=1S/C18H17N3O3S2/c19-13-15-1-4-17(5-2-15)26(23,24)21-10-8-20(9-11-21)18(22)6-3-16-7-12-25-14-16/h1-7,12,14H,8-11H2/b6-3-. The van der Waals surface area contributed by atoms with Crippen LogP contribution >= 0.6 is 11.3 Å². The molecule has 1 fully saturated rings. The fourth-order valence-corrected chi connectivity index (χ4v) is 4.69. The molecule has 0 N–H and O–H groups in total. The van der Waals surface area contributed by atoms with Crippen LogP contribution in [0.5, 0.6) is 0 Å². The first kappa shape index (κ1) is 18.3. The minimum absolute atomic E-state index is 0.119. The van der Waals surface area contributed by atoms with Gasteiger partial charge in [0.05, 0.1) is 16.5 Å². The minimum atomic E-state index is -3.61. The summed E-state index contributed by atoms with van der Waals surface area (Å²) in [5.74, 6) is -0.119. The number of rotatable bonds is 4. The number of sulfonamides is 1. The van der Waals surface area contributed by atoms with Crippen LogP contribution in [0.15, 0.2) is 52.1 Å². The highest BCUT2D eigenvalue weighted by Crippen LogP contribution is 2.18. The van der Waals surface area contributed by atoms with Gasteiger partial charge in [-0.2, -0.15) is 20.9 Å². The van der Waals surface area contributed by atoms with Gasteiger partial charge in [-0.15, -0.1) is 0 Å². The molecule has 1 aliphatic rings. The fraction of sp³-hybridized carbons (Fsp3) is 0.222. The van der Waals surface area contributed by atoms with E-state index in [0.717, 1.165) is 5.56 Å². The number of carbonyl (C=O) groups is 1. The van der Waals surface area contributed by atoms with Crippen LogP contribution in [-0.4, -0.2) is 49.7 Å². The monoisotopic (exact) mass is 387 g/mol. The van der Waals surface area contributed by atoms with Gasteiger partial charge >= 0.3 is 0 Å². The molecule has 0 spiro atoms. The molecule has 3 rings (SSSR count). The van der Waals surface area contributed by atoms with Crippen molar-refractivity contribution in [1.82, 2.24) is 9.21 Å². The van der Waals surface area contributed by atoms with Crippen molar-refractivity contribution >= 4 is 33.3 Å². The van der Waals surface area contributed by atoms with Crippen LogP contribution in [0.1, 0.15) is 11.1 Å². The zero-order valence-corrected chi connectivity index (χ0v) is 15.5. The van der Waals surface area contributed by atoms with Crippen LogP contribution in [0.3, 0.4) is 0 Å². The molecule has 0 aliphatic carbocycles. The lowest BCUT2D eigenvalue weighted by Gasteiger charge is -2.33. The first-order chi connectivity index (χ1) is 12.5. The van der Waals surface area contributed by atoms with Crippen molar-refractivity contribution in [3.8, 4) is 6.07 Å². The average Bonchev–Trinajstić information content (AvgIpc) is 3.20. The Morgan fingerprint density at radius 2 is 1.81 bits per heavy atom. The molecule has 0 bridgehead atoms. The molecule has 0 unspecified atom stereocenters. The highest BCUT2D eigenvalue weighted by atomic mass is 32.2. The van der Waals surface area contributed by atoms with E-state index >= 15 is 0 Å². The van der Waals surface area contributed by atoms with Gasteiger partial charge in [0.2, 0.25) is 15.9 Å². The van der Waals surface area contributed by atoms with Crippen molar-refractivity contribution in [2.75, 3.05) is 26.2 Å². The average molecular weight is 387 g/mol. The first-order valence-corrected chi connectivity index (χ1v) is 10.4. The molecule has 0 radical (unpaired) electrons. The number of carbonyl (C=O) groups excluding carboxylic acids is 1. The molecule has 1 amide bonds. The molecule has 1 aromatic carbocycles. The molecule has 1 aromatic heterocycles. The van der Waals surface area contributed by atoms with E-state index in [2.05, 4.69) is 0 Å². The maximum Gasteiger partial charge on any atom is 0.246 e. The van der Waals surface area contributed by atoms with Gasteiger partial charge in [-0.1, -0.05) is 0 Å². The van der Waals surface area contributed by atoms with Gasteiger partial charge in [0.25, 0.3) is 0 Å². The second-order valence-electron chi connectivity index (χ2n) is 5.76. The van der Waals surface area contributed by atoms with E-state index in [1.54, 1.807) is 22.3 Å². The highest BCUT2D eigenvalue weighted by molar-refractivity contribution is 7.89. The van der Waals surface area contributed by atoms with Gasteiger partial charge in [0.1, 0.15) is 0 Å². The zero-order valence-electron chi connectivity index (χ0n) is 13.9. The number of hydrogen-bond donors (Lipinski definition) is 0. The summed E-state index contributed by atoms with van der Waals surface area (Å²) in [5.41, 5.74) is 1.39. The molecule has 134 valence electrons. The summed E-state index contributed by atoms with van der Waals surface area (Å²) in [4.78, 5) is 14.0.